The maximum absolute atomic E-state index is 2.34. The molecule has 0 saturated heterocycles. The van der Waals surface area contributed by atoms with Gasteiger partial charge in [-0.2, -0.15) is 0 Å². The van der Waals surface area contributed by atoms with Crippen molar-refractivity contribution in [3.63, 3.8) is 0 Å². The molecule has 0 amide bonds. The highest BCUT2D eigenvalue weighted by Crippen LogP contribution is 2.10. The molecular formula is C11H27N3. The van der Waals surface area contributed by atoms with Crippen LogP contribution in [0.4, 0.5) is 0 Å². The predicted molar refractivity (Wildman–Crippen MR) is 63.3 cm³/mol. The smallest absolute Gasteiger partial charge is 0.0254 e. The van der Waals surface area contributed by atoms with Gasteiger partial charge in [-0.3, -0.25) is 0 Å². The molecule has 0 aliphatic heterocycles. The summed E-state index contributed by atoms with van der Waals surface area (Å²) in [5.41, 5.74) is 0. The van der Waals surface area contributed by atoms with Crippen LogP contribution in [0.1, 0.15) is 26.2 Å². The van der Waals surface area contributed by atoms with E-state index in [0.717, 1.165) is 0 Å². The summed E-state index contributed by atoms with van der Waals surface area (Å²) in [4.78, 5) is 2.26. The number of nitrogens with zero attached hydrogens (tertiary/aromatic N) is 3. The summed E-state index contributed by atoms with van der Waals surface area (Å²) >= 11 is 0. The lowest BCUT2D eigenvalue weighted by Crippen LogP contribution is -2.42. The third kappa shape index (κ3) is 5.58. The summed E-state index contributed by atoms with van der Waals surface area (Å²) in [6, 6.07) is 0.678. The number of rotatable bonds is 7. The zero-order chi connectivity index (χ0) is 11.1. The zero-order valence-electron chi connectivity index (χ0n) is 10.7. The molecule has 1 atom stereocenters. The molecule has 0 radical (unpaired) electrons. The maximum Gasteiger partial charge on any atom is 0.0254 e. The van der Waals surface area contributed by atoms with Gasteiger partial charge in [0, 0.05) is 27.2 Å². The van der Waals surface area contributed by atoms with E-state index in [1.54, 1.807) is 0 Å². The van der Waals surface area contributed by atoms with Gasteiger partial charge in [0.1, 0.15) is 0 Å². The van der Waals surface area contributed by atoms with Crippen molar-refractivity contribution in [2.75, 3.05) is 41.8 Å². The minimum absolute atomic E-state index is 0.678. The van der Waals surface area contributed by atoms with Gasteiger partial charge in [-0.15, -0.1) is 0 Å². The number of hydrazine groups is 1. The molecule has 3 nitrogen and oxygen atoms in total. The Bertz CT molecular complexity index is 134. The van der Waals surface area contributed by atoms with Gasteiger partial charge in [-0.25, -0.2) is 10.0 Å². The van der Waals surface area contributed by atoms with Crippen LogP contribution in [0, 0.1) is 0 Å². The fourth-order valence-electron chi connectivity index (χ4n) is 1.59. The van der Waals surface area contributed by atoms with E-state index in [0.29, 0.717) is 6.04 Å². The van der Waals surface area contributed by atoms with Crippen molar-refractivity contribution in [1.82, 2.24) is 14.9 Å². The fourth-order valence-corrected chi connectivity index (χ4v) is 1.59. The molecule has 14 heavy (non-hydrogen) atoms. The Kier molecular flexibility index (Phi) is 7.15. The summed E-state index contributed by atoms with van der Waals surface area (Å²) in [6.45, 7) is 3.43. The average Bonchev–Trinajstić information content (AvgIpc) is 2.10. The van der Waals surface area contributed by atoms with Gasteiger partial charge < -0.3 is 4.90 Å². The van der Waals surface area contributed by atoms with Crippen molar-refractivity contribution in [2.24, 2.45) is 0 Å². The van der Waals surface area contributed by atoms with Crippen molar-refractivity contribution in [3.05, 3.63) is 0 Å². The van der Waals surface area contributed by atoms with Crippen LogP contribution in [0.2, 0.25) is 0 Å². The second-order valence-electron chi connectivity index (χ2n) is 4.46. The van der Waals surface area contributed by atoms with E-state index in [1.807, 2.05) is 0 Å². The van der Waals surface area contributed by atoms with Crippen molar-refractivity contribution in [2.45, 2.75) is 32.2 Å². The highest BCUT2D eigenvalue weighted by molar-refractivity contribution is 4.67. The first kappa shape index (κ1) is 13.9. The first-order valence-electron chi connectivity index (χ1n) is 5.53. The van der Waals surface area contributed by atoms with Gasteiger partial charge in [0.25, 0.3) is 0 Å². The predicted octanol–water partition coefficient (Wildman–Crippen LogP) is 1.52. The Balaban J connectivity index is 4.00. The molecule has 0 rings (SSSR count). The van der Waals surface area contributed by atoms with Crippen molar-refractivity contribution in [3.8, 4) is 0 Å². The standard InChI is InChI=1S/C11H27N3/c1-7-8-11(9-10-12(2)3)14(6)13(4)5/h11H,7-10H2,1-6H3. The molecule has 0 aliphatic rings. The Morgan fingerprint density at radius 1 is 0.929 bits per heavy atom. The van der Waals surface area contributed by atoms with E-state index in [4.69, 9.17) is 0 Å². The van der Waals surface area contributed by atoms with Crippen LogP contribution in [0.3, 0.4) is 0 Å². The Morgan fingerprint density at radius 3 is 1.86 bits per heavy atom. The maximum atomic E-state index is 2.34. The molecule has 0 aliphatic carbocycles. The minimum atomic E-state index is 0.678. The van der Waals surface area contributed by atoms with Crippen LogP contribution in [-0.4, -0.2) is 62.7 Å². The molecule has 0 bridgehead atoms. The molecule has 0 heterocycles. The highest BCUT2D eigenvalue weighted by atomic mass is 15.6. The van der Waals surface area contributed by atoms with Crippen LogP contribution >= 0.6 is 0 Å². The van der Waals surface area contributed by atoms with Gasteiger partial charge in [0.15, 0.2) is 0 Å². The summed E-state index contributed by atoms with van der Waals surface area (Å²) in [6.07, 6.45) is 3.79. The lowest BCUT2D eigenvalue weighted by Gasteiger charge is -2.33. The largest absolute Gasteiger partial charge is 0.309 e. The first-order chi connectivity index (χ1) is 6.49. The van der Waals surface area contributed by atoms with Crippen LogP contribution in [-0.2, 0) is 0 Å². The van der Waals surface area contributed by atoms with Gasteiger partial charge >= 0.3 is 0 Å². The Labute approximate surface area is 89.6 Å². The van der Waals surface area contributed by atoms with E-state index in [-0.39, 0.29) is 0 Å². The summed E-state index contributed by atoms with van der Waals surface area (Å²) in [5, 5.41) is 4.52. The van der Waals surface area contributed by atoms with E-state index in [9.17, 15) is 0 Å². The van der Waals surface area contributed by atoms with Crippen LogP contribution in [0.5, 0.6) is 0 Å². The lowest BCUT2D eigenvalue weighted by atomic mass is 10.1. The normalized spacial score (nSPS) is 14.4. The molecule has 1 unspecified atom stereocenters. The SMILES string of the molecule is CCCC(CCN(C)C)N(C)N(C)C. The summed E-state index contributed by atoms with van der Waals surface area (Å²) < 4.78 is 0. The zero-order valence-corrected chi connectivity index (χ0v) is 10.7. The van der Waals surface area contributed by atoms with E-state index in [1.165, 1.54) is 25.8 Å². The Morgan fingerprint density at radius 2 is 1.50 bits per heavy atom. The highest BCUT2D eigenvalue weighted by Gasteiger charge is 2.15. The third-order valence-electron chi connectivity index (χ3n) is 2.69. The van der Waals surface area contributed by atoms with Gasteiger partial charge in [-0.1, -0.05) is 13.3 Å². The average molecular weight is 201 g/mol. The molecule has 0 saturated carbocycles. The summed E-state index contributed by atoms with van der Waals surface area (Å²) in [5.74, 6) is 0. The van der Waals surface area contributed by atoms with Crippen molar-refractivity contribution in [1.29, 1.82) is 0 Å². The van der Waals surface area contributed by atoms with Gasteiger partial charge in [-0.05, 0) is 33.5 Å². The van der Waals surface area contributed by atoms with Crippen molar-refractivity contribution >= 4 is 0 Å². The van der Waals surface area contributed by atoms with Gasteiger partial charge in [0.05, 0.1) is 0 Å². The molecule has 0 aromatic rings. The van der Waals surface area contributed by atoms with Crippen molar-refractivity contribution < 1.29 is 0 Å². The van der Waals surface area contributed by atoms with E-state index in [2.05, 4.69) is 57.1 Å². The molecular weight excluding hydrogens is 174 g/mol. The number of hydrogen-bond acceptors (Lipinski definition) is 3. The monoisotopic (exact) mass is 201 g/mol. The molecule has 86 valence electrons. The molecule has 0 aromatic carbocycles. The minimum Gasteiger partial charge on any atom is -0.309 e. The van der Waals surface area contributed by atoms with E-state index >= 15 is 0 Å². The quantitative estimate of drug-likeness (QED) is 0.578. The number of hydrogen-bond donors (Lipinski definition) is 0. The molecule has 0 aromatic heterocycles. The third-order valence-corrected chi connectivity index (χ3v) is 2.69. The Hall–Kier alpha value is -0.120. The van der Waals surface area contributed by atoms with Crippen LogP contribution < -0.4 is 0 Å². The first-order valence-corrected chi connectivity index (χ1v) is 5.53. The topological polar surface area (TPSA) is 9.72 Å². The van der Waals surface area contributed by atoms with Gasteiger partial charge in [0.2, 0.25) is 0 Å². The second-order valence-corrected chi connectivity index (χ2v) is 4.46. The summed E-state index contributed by atoms with van der Waals surface area (Å²) in [7, 11) is 10.7. The van der Waals surface area contributed by atoms with Crippen LogP contribution in [0.15, 0.2) is 0 Å². The molecule has 0 fully saturated rings. The molecule has 0 N–H and O–H groups in total. The molecule has 3 heteroatoms. The lowest BCUT2D eigenvalue weighted by molar-refractivity contribution is 0.000541. The second kappa shape index (κ2) is 7.21. The fraction of sp³-hybridized carbons (Fsp3) is 1.00. The van der Waals surface area contributed by atoms with Crippen LogP contribution in [0.25, 0.3) is 0 Å². The van der Waals surface area contributed by atoms with E-state index < -0.39 is 0 Å². The molecule has 0 spiro atoms.